The monoisotopic (exact) mass is 380 g/mol. The van der Waals surface area contributed by atoms with E-state index >= 15 is 0 Å². The number of rotatable bonds is 4. The zero-order valence-corrected chi connectivity index (χ0v) is 15.6. The number of benzene rings is 1. The van der Waals surface area contributed by atoms with E-state index in [2.05, 4.69) is 50.4 Å². The summed E-state index contributed by atoms with van der Waals surface area (Å²) >= 11 is 3.47. The number of likely N-dealkylation sites (tertiary alicyclic amines) is 1. The maximum atomic E-state index is 11.8. The molecule has 1 aliphatic carbocycles. The number of carbonyl (C=O) groups excluding carboxylic acids is 1. The van der Waals surface area contributed by atoms with Crippen LogP contribution >= 0.6 is 15.9 Å². The van der Waals surface area contributed by atoms with Crippen LogP contribution in [0.3, 0.4) is 0 Å². The van der Waals surface area contributed by atoms with Crippen LogP contribution in [0.1, 0.15) is 26.3 Å². The summed E-state index contributed by atoms with van der Waals surface area (Å²) in [6.45, 7) is 8.94. The highest BCUT2D eigenvalue weighted by Gasteiger charge is 2.56. The van der Waals surface area contributed by atoms with Crippen LogP contribution in [0.25, 0.3) is 0 Å². The van der Waals surface area contributed by atoms with Crippen molar-refractivity contribution in [2.75, 3.05) is 19.6 Å². The van der Waals surface area contributed by atoms with E-state index in [4.69, 9.17) is 4.74 Å². The van der Waals surface area contributed by atoms with Gasteiger partial charge in [-0.3, -0.25) is 0 Å². The molecular formula is C18H25BrN2O2. The van der Waals surface area contributed by atoms with Gasteiger partial charge in [0.1, 0.15) is 5.60 Å². The minimum atomic E-state index is -0.426. The zero-order valence-electron chi connectivity index (χ0n) is 14.0. The molecule has 1 heterocycles. The molecule has 2 fully saturated rings. The van der Waals surface area contributed by atoms with E-state index < -0.39 is 5.60 Å². The van der Waals surface area contributed by atoms with Gasteiger partial charge in [-0.05, 0) is 56.7 Å². The Morgan fingerprint density at radius 2 is 1.87 bits per heavy atom. The molecule has 126 valence electrons. The number of ether oxygens (including phenoxy) is 1. The van der Waals surface area contributed by atoms with Crippen molar-refractivity contribution in [2.45, 2.75) is 38.8 Å². The van der Waals surface area contributed by atoms with Crippen LogP contribution in [-0.4, -0.2) is 42.3 Å². The van der Waals surface area contributed by atoms with Crippen molar-refractivity contribution >= 4 is 22.0 Å². The normalized spacial score (nSPS) is 26.7. The van der Waals surface area contributed by atoms with Gasteiger partial charge in [-0.1, -0.05) is 28.1 Å². The van der Waals surface area contributed by atoms with E-state index in [9.17, 15) is 4.79 Å². The first kappa shape index (κ1) is 16.8. The van der Waals surface area contributed by atoms with Crippen LogP contribution in [0.2, 0.25) is 0 Å². The van der Waals surface area contributed by atoms with Crippen molar-refractivity contribution in [3.63, 3.8) is 0 Å². The minimum absolute atomic E-state index is 0.279. The van der Waals surface area contributed by atoms with Crippen LogP contribution in [0.5, 0.6) is 0 Å². The number of halogens is 1. The summed E-state index contributed by atoms with van der Waals surface area (Å²) in [6, 6.07) is 8.85. The van der Waals surface area contributed by atoms with Gasteiger partial charge in [0.05, 0.1) is 0 Å². The van der Waals surface area contributed by atoms with E-state index in [1.54, 1.807) is 0 Å². The lowest BCUT2D eigenvalue weighted by molar-refractivity contribution is 0.0514. The molecule has 0 radical (unpaired) electrons. The lowest BCUT2D eigenvalue weighted by Crippen LogP contribution is -2.38. The molecule has 1 aromatic carbocycles. The van der Waals surface area contributed by atoms with Gasteiger partial charge in [0, 0.05) is 30.1 Å². The molecule has 1 saturated heterocycles. The summed E-state index contributed by atoms with van der Waals surface area (Å²) in [6.07, 6.45) is 0.801. The molecule has 5 heteroatoms. The topological polar surface area (TPSA) is 41.6 Å². The molecule has 1 N–H and O–H groups in total. The van der Waals surface area contributed by atoms with Gasteiger partial charge < -0.3 is 15.0 Å². The Kier molecular flexibility index (Phi) is 4.70. The molecule has 3 atom stereocenters. The van der Waals surface area contributed by atoms with E-state index in [1.165, 1.54) is 5.56 Å². The fourth-order valence-electron chi connectivity index (χ4n) is 3.39. The first-order valence-electron chi connectivity index (χ1n) is 8.28. The summed E-state index contributed by atoms with van der Waals surface area (Å²) < 4.78 is 6.45. The molecule has 1 aliphatic heterocycles. The van der Waals surface area contributed by atoms with E-state index in [0.717, 1.165) is 30.5 Å². The maximum absolute atomic E-state index is 11.8. The fraction of sp³-hybridized carbons (Fsp3) is 0.611. The van der Waals surface area contributed by atoms with Gasteiger partial charge in [0.2, 0.25) is 0 Å². The predicted octanol–water partition coefficient (Wildman–Crippen LogP) is 3.45. The smallest absolute Gasteiger partial charge is 0.407 e. The third-order valence-corrected chi connectivity index (χ3v) is 5.11. The number of carbonyl (C=O) groups is 1. The Morgan fingerprint density at radius 1 is 1.26 bits per heavy atom. The summed E-state index contributed by atoms with van der Waals surface area (Å²) in [7, 11) is 0. The van der Waals surface area contributed by atoms with Gasteiger partial charge in [-0.15, -0.1) is 0 Å². The minimum Gasteiger partial charge on any atom is -0.444 e. The molecule has 1 amide bonds. The second-order valence-corrected chi connectivity index (χ2v) is 8.55. The van der Waals surface area contributed by atoms with Gasteiger partial charge in [-0.25, -0.2) is 4.79 Å². The van der Waals surface area contributed by atoms with Crippen molar-refractivity contribution in [3.8, 4) is 0 Å². The molecule has 0 aromatic heterocycles. The third-order valence-electron chi connectivity index (χ3n) is 4.58. The zero-order chi connectivity index (χ0) is 16.6. The van der Waals surface area contributed by atoms with Crippen LogP contribution in [0.15, 0.2) is 28.7 Å². The number of hydrogen-bond donors (Lipinski definition) is 1. The van der Waals surface area contributed by atoms with Crippen LogP contribution < -0.4 is 5.32 Å². The highest BCUT2D eigenvalue weighted by molar-refractivity contribution is 9.10. The molecular weight excluding hydrogens is 356 g/mol. The quantitative estimate of drug-likeness (QED) is 0.869. The predicted molar refractivity (Wildman–Crippen MR) is 94.4 cm³/mol. The average Bonchev–Trinajstić information content (AvgIpc) is 2.90. The van der Waals surface area contributed by atoms with Crippen molar-refractivity contribution in [2.24, 2.45) is 11.8 Å². The van der Waals surface area contributed by atoms with E-state index in [1.807, 2.05) is 20.8 Å². The van der Waals surface area contributed by atoms with Gasteiger partial charge in [-0.2, -0.15) is 0 Å². The molecule has 3 rings (SSSR count). The molecule has 23 heavy (non-hydrogen) atoms. The molecule has 0 bridgehead atoms. The summed E-state index contributed by atoms with van der Waals surface area (Å²) in [5.74, 6) is 1.21. The second-order valence-electron chi connectivity index (χ2n) is 7.64. The molecule has 1 aromatic rings. The first-order valence-corrected chi connectivity index (χ1v) is 9.07. The van der Waals surface area contributed by atoms with Gasteiger partial charge >= 0.3 is 6.09 Å². The number of alkyl carbamates (subject to hydrolysis) is 1. The number of nitrogens with zero attached hydrogens (tertiary/aromatic N) is 1. The Hall–Kier alpha value is -1.07. The highest BCUT2D eigenvalue weighted by atomic mass is 79.9. The average molecular weight is 381 g/mol. The Bertz CT molecular complexity index is 555. The van der Waals surface area contributed by atoms with Crippen LogP contribution in [0, 0.1) is 11.8 Å². The Morgan fingerprint density at radius 3 is 2.43 bits per heavy atom. The SMILES string of the molecule is CC(C)(C)OC(=O)NC1[C@H]2CN(CCc3ccc(Br)cc3)C[C@@H]12. The summed E-state index contributed by atoms with van der Waals surface area (Å²) in [5, 5.41) is 3.02. The Balaban J connectivity index is 1.38. The lowest BCUT2D eigenvalue weighted by Gasteiger charge is -2.22. The van der Waals surface area contributed by atoms with E-state index in [-0.39, 0.29) is 6.09 Å². The van der Waals surface area contributed by atoms with Crippen molar-refractivity contribution in [1.29, 1.82) is 0 Å². The first-order chi connectivity index (χ1) is 10.8. The summed E-state index contributed by atoms with van der Waals surface area (Å²) in [5.41, 5.74) is 0.947. The summed E-state index contributed by atoms with van der Waals surface area (Å²) in [4.78, 5) is 14.3. The van der Waals surface area contributed by atoms with Crippen LogP contribution in [0.4, 0.5) is 4.79 Å². The number of piperidine rings is 1. The van der Waals surface area contributed by atoms with E-state index in [0.29, 0.717) is 17.9 Å². The third kappa shape index (κ3) is 4.48. The Labute approximate surface area is 146 Å². The van der Waals surface area contributed by atoms with Gasteiger partial charge in [0.15, 0.2) is 0 Å². The molecule has 4 nitrogen and oxygen atoms in total. The maximum Gasteiger partial charge on any atom is 0.407 e. The molecule has 1 saturated carbocycles. The van der Waals surface area contributed by atoms with Crippen molar-refractivity contribution < 1.29 is 9.53 Å². The second kappa shape index (κ2) is 6.44. The highest BCUT2D eigenvalue weighted by Crippen LogP contribution is 2.45. The van der Waals surface area contributed by atoms with Crippen LogP contribution in [-0.2, 0) is 11.2 Å². The van der Waals surface area contributed by atoms with Crippen molar-refractivity contribution in [3.05, 3.63) is 34.3 Å². The lowest BCUT2D eigenvalue weighted by atomic mass is 10.1. The van der Waals surface area contributed by atoms with Gasteiger partial charge in [0.25, 0.3) is 0 Å². The standard InChI is InChI=1S/C18H25BrN2O2/c1-18(2,3)23-17(22)20-16-14-10-21(11-15(14)16)9-8-12-4-6-13(19)7-5-12/h4-7,14-16H,8-11H2,1-3H3,(H,20,22)/t14-,15+,16?. The largest absolute Gasteiger partial charge is 0.444 e. The number of amides is 1. The molecule has 1 unspecified atom stereocenters. The number of hydrogen-bond acceptors (Lipinski definition) is 3. The number of nitrogens with one attached hydrogen (secondary N) is 1. The fourth-order valence-corrected chi connectivity index (χ4v) is 3.66. The molecule has 2 aliphatic rings. The number of fused-ring (bicyclic) bond motifs is 1. The van der Waals surface area contributed by atoms with Crippen molar-refractivity contribution in [1.82, 2.24) is 10.2 Å². The molecule has 0 spiro atoms.